The maximum absolute atomic E-state index is 12.3. The van der Waals surface area contributed by atoms with Crippen LogP contribution in [0.4, 0.5) is 0 Å². The van der Waals surface area contributed by atoms with E-state index in [-0.39, 0.29) is 18.5 Å². The number of aryl methyl sites for hydroxylation is 1. The Hall–Kier alpha value is -2.69. The summed E-state index contributed by atoms with van der Waals surface area (Å²) in [5.41, 5.74) is 8.18. The quantitative estimate of drug-likeness (QED) is 0.834. The topological polar surface area (TPSA) is 76.1 Å². The van der Waals surface area contributed by atoms with Crippen molar-refractivity contribution in [1.82, 2.24) is 5.32 Å². The molecule has 1 aromatic carbocycles. The lowest BCUT2D eigenvalue weighted by molar-refractivity contribution is -0.684. The summed E-state index contributed by atoms with van der Waals surface area (Å²) in [5.74, 6) is -0.570. The van der Waals surface area contributed by atoms with Crippen LogP contribution in [0.3, 0.4) is 0 Å². The van der Waals surface area contributed by atoms with Crippen molar-refractivity contribution >= 4 is 11.8 Å². The third-order valence-electron chi connectivity index (χ3n) is 4.17. The van der Waals surface area contributed by atoms with Crippen molar-refractivity contribution < 1.29 is 14.2 Å². The highest BCUT2D eigenvalue weighted by Gasteiger charge is 2.22. The molecule has 23 heavy (non-hydrogen) atoms. The molecule has 2 amide bonds. The number of aromatic nitrogens is 1. The summed E-state index contributed by atoms with van der Waals surface area (Å²) in [4.78, 5) is 23.5. The molecule has 0 fully saturated rings. The van der Waals surface area contributed by atoms with Crippen LogP contribution in [0.2, 0.25) is 0 Å². The van der Waals surface area contributed by atoms with Crippen LogP contribution in [0.15, 0.2) is 48.8 Å². The van der Waals surface area contributed by atoms with Crippen LogP contribution < -0.4 is 15.6 Å². The first-order chi connectivity index (χ1) is 11.1. The largest absolute Gasteiger partial charge is 0.365 e. The molecule has 0 aliphatic heterocycles. The summed E-state index contributed by atoms with van der Waals surface area (Å²) < 4.78 is 1.67. The molecule has 2 aromatic rings. The average Bonchev–Trinajstić information content (AvgIpc) is 2.55. The van der Waals surface area contributed by atoms with Crippen LogP contribution >= 0.6 is 0 Å². The molecule has 118 valence electrons. The molecule has 3 rings (SSSR count). The van der Waals surface area contributed by atoms with Gasteiger partial charge in [-0.3, -0.25) is 9.59 Å². The molecular weight excluding hydrogens is 290 g/mol. The van der Waals surface area contributed by atoms with Crippen molar-refractivity contribution in [3.63, 3.8) is 0 Å². The Labute approximate surface area is 135 Å². The first-order valence-electron chi connectivity index (χ1n) is 7.79. The van der Waals surface area contributed by atoms with Crippen LogP contribution in [-0.2, 0) is 17.8 Å². The van der Waals surface area contributed by atoms with Crippen LogP contribution in [0.25, 0.3) is 0 Å². The number of nitrogens with two attached hydrogens (primary N) is 1. The molecule has 1 aromatic heterocycles. The number of carbonyl (C=O) groups excluding carboxylic acids is 2. The highest BCUT2D eigenvalue weighted by Crippen LogP contribution is 2.29. The Morgan fingerprint density at radius 1 is 1.22 bits per heavy atom. The maximum Gasteiger partial charge on any atom is 0.286 e. The summed E-state index contributed by atoms with van der Waals surface area (Å²) in [5, 5.41) is 3.10. The predicted molar refractivity (Wildman–Crippen MR) is 85.4 cm³/mol. The van der Waals surface area contributed by atoms with E-state index in [2.05, 4.69) is 17.4 Å². The molecule has 0 radical (unpaired) electrons. The first-order valence-corrected chi connectivity index (χ1v) is 7.79. The highest BCUT2D eigenvalue weighted by molar-refractivity contribution is 5.92. The van der Waals surface area contributed by atoms with Gasteiger partial charge in [0.1, 0.15) is 5.56 Å². The summed E-state index contributed by atoms with van der Waals surface area (Å²) in [6.07, 6.45) is 6.44. The normalized spacial score (nSPS) is 16.4. The van der Waals surface area contributed by atoms with Gasteiger partial charge in [-0.1, -0.05) is 24.3 Å². The third kappa shape index (κ3) is 3.56. The second-order valence-electron chi connectivity index (χ2n) is 5.84. The molecule has 1 atom stereocenters. The van der Waals surface area contributed by atoms with Gasteiger partial charge in [-0.15, -0.1) is 0 Å². The van der Waals surface area contributed by atoms with Gasteiger partial charge in [0, 0.05) is 6.07 Å². The molecule has 5 heteroatoms. The number of fused-ring (bicyclic) bond motifs is 1. The van der Waals surface area contributed by atoms with Gasteiger partial charge < -0.3 is 11.1 Å². The van der Waals surface area contributed by atoms with Crippen LogP contribution in [0, 0.1) is 0 Å². The summed E-state index contributed by atoms with van der Waals surface area (Å²) in [6, 6.07) is 11.7. The van der Waals surface area contributed by atoms with Crippen molar-refractivity contribution in [3.8, 4) is 0 Å². The van der Waals surface area contributed by atoms with E-state index in [1.54, 1.807) is 29.1 Å². The molecule has 0 bridgehead atoms. The van der Waals surface area contributed by atoms with Crippen molar-refractivity contribution in [2.75, 3.05) is 0 Å². The Balaban J connectivity index is 1.69. The standard InChI is InChI=1S/C18H19N3O2/c19-18(23)14-7-4-10-21(11-14)12-17(22)20-16-9-3-6-13-5-1-2-8-15(13)16/h1-2,4-5,7-8,10-11,16H,3,6,9,12H2,(H2-,19,20,22,23)/p+1/t16-/m0/s1. The van der Waals surface area contributed by atoms with Crippen molar-refractivity contribution in [2.45, 2.75) is 31.8 Å². The third-order valence-corrected chi connectivity index (χ3v) is 4.17. The highest BCUT2D eigenvalue weighted by atomic mass is 16.2. The van der Waals surface area contributed by atoms with E-state index in [1.807, 2.05) is 12.1 Å². The number of pyridine rings is 1. The fourth-order valence-electron chi connectivity index (χ4n) is 3.08. The lowest BCUT2D eigenvalue weighted by Crippen LogP contribution is -2.44. The molecule has 3 N–H and O–H groups in total. The molecule has 1 aliphatic rings. The summed E-state index contributed by atoms with van der Waals surface area (Å²) in [7, 11) is 0. The van der Waals surface area contributed by atoms with E-state index in [0.717, 1.165) is 19.3 Å². The lowest BCUT2D eigenvalue weighted by atomic mass is 9.88. The minimum Gasteiger partial charge on any atom is -0.365 e. The Bertz CT molecular complexity index is 743. The Kier molecular flexibility index (Phi) is 4.37. The van der Waals surface area contributed by atoms with Gasteiger partial charge in [-0.25, -0.2) is 0 Å². The van der Waals surface area contributed by atoms with E-state index >= 15 is 0 Å². The number of nitrogens with one attached hydrogen (secondary N) is 1. The number of rotatable bonds is 4. The van der Waals surface area contributed by atoms with Crippen LogP contribution in [0.1, 0.15) is 40.4 Å². The first kappa shape index (κ1) is 15.2. The minimum atomic E-state index is -0.499. The van der Waals surface area contributed by atoms with E-state index in [9.17, 15) is 9.59 Å². The van der Waals surface area contributed by atoms with Crippen LogP contribution in [-0.4, -0.2) is 11.8 Å². The number of carbonyl (C=O) groups is 2. The van der Waals surface area contributed by atoms with E-state index < -0.39 is 5.91 Å². The zero-order valence-corrected chi connectivity index (χ0v) is 12.9. The fraction of sp³-hybridized carbons (Fsp3) is 0.278. The number of primary amides is 1. The predicted octanol–water partition coefficient (Wildman–Crippen LogP) is 1.27. The van der Waals surface area contributed by atoms with Gasteiger partial charge in [0.05, 0.1) is 6.04 Å². The average molecular weight is 310 g/mol. The Morgan fingerprint density at radius 3 is 2.87 bits per heavy atom. The van der Waals surface area contributed by atoms with Gasteiger partial charge in [0.2, 0.25) is 6.54 Å². The molecule has 0 unspecified atom stereocenters. The zero-order chi connectivity index (χ0) is 16.2. The lowest BCUT2D eigenvalue weighted by Gasteiger charge is -2.25. The summed E-state index contributed by atoms with van der Waals surface area (Å²) >= 11 is 0. The molecule has 0 saturated heterocycles. The second-order valence-corrected chi connectivity index (χ2v) is 5.84. The minimum absolute atomic E-state index is 0.0624. The van der Waals surface area contributed by atoms with Crippen molar-refractivity contribution in [1.29, 1.82) is 0 Å². The zero-order valence-electron chi connectivity index (χ0n) is 12.9. The second kappa shape index (κ2) is 6.60. The Morgan fingerprint density at radius 2 is 2.04 bits per heavy atom. The molecular formula is C18H20N3O2+. The van der Waals surface area contributed by atoms with Crippen molar-refractivity contribution in [2.24, 2.45) is 5.73 Å². The van der Waals surface area contributed by atoms with Gasteiger partial charge in [-0.05, 0) is 36.5 Å². The number of hydrogen-bond acceptors (Lipinski definition) is 2. The monoisotopic (exact) mass is 310 g/mol. The molecule has 5 nitrogen and oxygen atoms in total. The van der Waals surface area contributed by atoms with E-state index in [1.165, 1.54) is 11.1 Å². The summed E-state index contributed by atoms with van der Waals surface area (Å²) in [6.45, 7) is 0.166. The maximum atomic E-state index is 12.3. The number of hydrogen-bond donors (Lipinski definition) is 2. The van der Waals surface area contributed by atoms with Gasteiger partial charge >= 0.3 is 0 Å². The SMILES string of the molecule is NC(=O)c1ccc[n+](CC(=O)N[C@H]2CCCc3ccccc32)c1. The van der Waals surface area contributed by atoms with Gasteiger partial charge in [0.15, 0.2) is 12.4 Å². The van der Waals surface area contributed by atoms with E-state index in [4.69, 9.17) is 5.73 Å². The number of benzene rings is 1. The molecule has 0 spiro atoms. The van der Waals surface area contributed by atoms with Crippen molar-refractivity contribution in [3.05, 3.63) is 65.5 Å². The van der Waals surface area contributed by atoms with E-state index in [0.29, 0.717) is 5.56 Å². The number of amides is 2. The molecule has 0 saturated carbocycles. The molecule has 1 heterocycles. The molecule has 1 aliphatic carbocycles. The fourth-order valence-corrected chi connectivity index (χ4v) is 3.08. The number of nitrogens with zero attached hydrogens (tertiary/aromatic N) is 1. The van der Waals surface area contributed by atoms with Gasteiger partial charge in [0.25, 0.3) is 11.8 Å². The van der Waals surface area contributed by atoms with Gasteiger partial charge in [-0.2, -0.15) is 4.57 Å². The smallest absolute Gasteiger partial charge is 0.286 e. The van der Waals surface area contributed by atoms with Crippen LogP contribution in [0.5, 0.6) is 0 Å².